The third-order valence-electron chi connectivity index (χ3n) is 5.47. The third-order valence-corrected chi connectivity index (χ3v) is 5.47. The number of piperidine rings is 1. The molecule has 1 saturated carbocycles. The molecule has 4 rings (SSSR count). The van der Waals surface area contributed by atoms with Crippen LogP contribution in [0.4, 0.5) is 0 Å². The predicted molar refractivity (Wildman–Crippen MR) is 82.9 cm³/mol. The van der Waals surface area contributed by atoms with Crippen LogP contribution in [0, 0.1) is 5.92 Å². The number of likely N-dealkylation sites (tertiary alicyclic amines) is 1. The van der Waals surface area contributed by atoms with Gasteiger partial charge in [-0.3, -0.25) is 10.00 Å². The number of H-pyrrole nitrogens is 1. The number of para-hydroxylation sites is 1. The minimum Gasteiger partial charge on any atom is -0.390 e. The van der Waals surface area contributed by atoms with E-state index in [0.29, 0.717) is 5.92 Å². The van der Waals surface area contributed by atoms with E-state index in [1.165, 1.54) is 30.2 Å². The van der Waals surface area contributed by atoms with E-state index in [1.807, 2.05) is 6.20 Å². The number of nitrogens with zero attached hydrogens (tertiary/aromatic N) is 2. The molecule has 0 radical (unpaired) electrons. The number of fused-ring (bicyclic) bond motifs is 2. The Labute approximate surface area is 125 Å². The van der Waals surface area contributed by atoms with Gasteiger partial charge in [-0.15, -0.1) is 0 Å². The monoisotopic (exact) mass is 285 g/mol. The molecule has 4 nitrogen and oxygen atoms in total. The van der Waals surface area contributed by atoms with Gasteiger partial charge >= 0.3 is 0 Å². The molecule has 1 aromatic carbocycles. The summed E-state index contributed by atoms with van der Waals surface area (Å²) in [5.74, 6) is 0.459. The van der Waals surface area contributed by atoms with Crippen LogP contribution in [0.3, 0.4) is 0 Å². The third kappa shape index (κ3) is 2.36. The molecular weight excluding hydrogens is 262 g/mol. The Bertz CT molecular complexity index is 638. The summed E-state index contributed by atoms with van der Waals surface area (Å²) in [4.78, 5) is 2.50. The number of aliphatic hydroxyl groups is 1. The summed E-state index contributed by atoms with van der Waals surface area (Å²) in [5, 5.41) is 19.2. The highest BCUT2D eigenvalue weighted by atomic mass is 16.3. The average Bonchev–Trinajstić information content (AvgIpc) is 2.97. The second-order valence-corrected chi connectivity index (χ2v) is 6.78. The quantitative estimate of drug-likeness (QED) is 0.892. The summed E-state index contributed by atoms with van der Waals surface area (Å²) in [6.45, 7) is 2.98. The molecule has 1 saturated heterocycles. The van der Waals surface area contributed by atoms with E-state index in [0.717, 1.165) is 38.0 Å². The van der Waals surface area contributed by atoms with Crippen LogP contribution in [0.1, 0.15) is 37.7 Å². The van der Waals surface area contributed by atoms with Crippen LogP contribution in [-0.2, 0) is 6.54 Å². The minimum absolute atomic E-state index is 0.380. The number of rotatable bonds is 2. The molecule has 4 heteroatoms. The summed E-state index contributed by atoms with van der Waals surface area (Å²) >= 11 is 0. The fourth-order valence-electron chi connectivity index (χ4n) is 4.19. The zero-order valence-electron chi connectivity index (χ0n) is 12.4. The highest BCUT2D eigenvalue weighted by Gasteiger charge is 2.42. The molecule has 2 fully saturated rings. The molecule has 1 aliphatic heterocycles. The first kappa shape index (κ1) is 13.3. The van der Waals surface area contributed by atoms with Crippen LogP contribution in [0.25, 0.3) is 10.9 Å². The molecular formula is C17H23N3O. The molecule has 2 N–H and O–H groups in total. The van der Waals surface area contributed by atoms with Crippen molar-refractivity contribution in [3.05, 3.63) is 30.0 Å². The van der Waals surface area contributed by atoms with Gasteiger partial charge in [-0.2, -0.15) is 5.10 Å². The molecule has 2 atom stereocenters. The fraction of sp³-hybridized carbons (Fsp3) is 0.588. The van der Waals surface area contributed by atoms with Gasteiger partial charge in [0, 0.05) is 30.9 Å². The van der Waals surface area contributed by atoms with Crippen molar-refractivity contribution in [3.63, 3.8) is 0 Å². The molecule has 2 heterocycles. The smallest absolute Gasteiger partial charge is 0.0700 e. The lowest BCUT2D eigenvalue weighted by Gasteiger charge is -2.47. The minimum atomic E-state index is -0.380. The van der Waals surface area contributed by atoms with Gasteiger partial charge in [-0.1, -0.05) is 31.0 Å². The topological polar surface area (TPSA) is 52.1 Å². The van der Waals surface area contributed by atoms with Crippen molar-refractivity contribution in [2.45, 2.75) is 44.2 Å². The van der Waals surface area contributed by atoms with Crippen LogP contribution in [-0.4, -0.2) is 38.9 Å². The zero-order chi connectivity index (χ0) is 14.3. The van der Waals surface area contributed by atoms with Crippen LogP contribution in [0.5, 0.6) is 0 Å². The largest absolute Gasteiger partial charge is 0.390 e. The molecule has 0 amide bonds. The number of hydrogen-bond donors (Lipinski definition) is 2. The van der Waals surface area contributed by atoms with E-state index in [9.17, 15) is 5.11 Å². The first-order chi connectivity index (χ1) is 10.2. The standard InChI is InChI=1S/C17H23N3O/c21-17-7-2-1-6-15(17)12-20(9-8-17)11-14-5-3-4-13-10-18-19-16(13)14/h3-5,10,15,21H,1-2,6-9,11-12H2,(H,18,19). The van der Waals surface area contributed by atoms with Crippen molar-refractivity contribution < 1.29 is 5.11 Å². The number of aromatic amines is 1. The first-order valence-electron chi connectivity index (χ1n) is 8.10. The Morgan fingerprint density at radius 1 is 1.33 bits per heavy atom. The number of hydrogen-bond acceptors (Lipinski definition) is 3. The summed E-state index contributed by atoms with van der Waals surface area (Å²) in [6, 6.07) is 6.38. The lowest BCUT2D eigenvalue weighted by Crippen LogP contribution is -2.52. The molecule has 112 valence electrons. The van der Waals surface area contributed by atoms with Crippen LogP contribution in [0.15, 0.2) is 24.4 Å². The van der Waals surface area contributed by atoms with Crippen LogP contribution in [0.2, 0.25) is 0 Å². The van der Waals surface area contributed by atoms with Gasteiger partial charge < -0.3 is 5.11 Å². The van der Waals surface area contributed by atoms with Crippen molar-refractivity contribution in [2.75, 3.05) is 13.1 Å². The first-order valence-corrected chi connectivity index (χ1v) is 8.10. The van der Waals surface area contributed by atoms with Crippen molar-refractivity contribution in [3.8, 4) is 0 Å². The van der Waals surface area contributed by atoms with E-state index >= 15 is 0 Å². The number of nitrogens with one attached hydrogen (secondary N) is 1. The van der Waals surface area contributed by atoms with Gasteiger partial charge in [-0.05, 0) is 24.8 Å². The van der Waals surface area contributed by atoms with Crippen molar-refractivity contribution in [2.24, 2.45) is 5.92 Å². The van der Waals surface area contributed by atoms with Crippen molar-refractivity contribution in [1.82, 2.24) is 15.1 Å². The lowest BCUT2D eigenvalue weighted by molar-refractivity contribution is -0.0967. The molecule has 2 unspecified atom stereocenters. The van der Waals surface area contributed by atoms with Crippen LogP contribution < -0.4 is 0 Å². The van der Waals surface area contributed by atoms with Gasteiger partial charge in [0.1, 0.15) is 0 Å². The highest BCUT2D eigenvalue weighted by Crippen LogP contribution is 2.40. The Morgan fingerprint density at radius 3 is 3.24 bits per heavy atom. The summed E-state index contributed by atoms with van der Waals surface area (Å²) in [5.41, 5.74) is 2.09. The SMILES string of the molecule is OC12CCCCC1CN(Cc1cccc3cn[nH]c13)CC2. The normalized spacial score (nSPS) is 30.4. The van der Waals surface area contributed by atoms with Gasteiger partial charge in [0.05, 0.1) is 17.3 Å². The Balaban J connectivity index is 1.52. The maximum atomic E-state index is 10.8. The number of aromatic nitrogens is 2. The molecule has 1 aromatic heterocycles. The fourth-order valence-corrected chi connectivity index (χ4v) is 4.19. The average molecular weight is 285 g/mol. The molecule has 0 spiro atoms. The van der Waals surface area contributed by atoms with Crippen LogP contribution >= 0.6 is 0 Å². The van der Waals surface area contributed by atoms with E-state index in [2.05, 4.69) is 33.3 Å². The second-order valence-electron chi connectivity index (χ2n) is 6.78. The van der Waals surface area contributed by atoms with E-state index in [1.54, 1.807) is 0 Å². The van der Waals surface area contributed by atoms with Gasteiger partial charge in [0.25, 0.3) is 0 Å². The van der Waals surface area contributed by atoms with Crippen molar-refractivity contribution in [1.29, 1.82) is 0 Å². The summed E-state index contributed by atoms with van der Waals surface area (Å²) in [6.07, 6.45) is 7.46. The zero-order valence-corrected chi connectivity index (χ0v) is 12.4. The highest BCUT2D eigenvalue weighted by molar-refractivity contribution is 5.81. The molecule has 0 bridgehead atoms. The van der Waals surface area contributed by atoms with Gasteiger partial charge in [0.2, 0.25) is 0 Å². The second kappa shape index (κ2) is 5.11. The number of benzene rings is 1. The Kier molecular flexibility index (Phi) is 3.23. The predicted octanol–water partition coefficient (Wildman–Crippen LogP) is 2.69. The van der Waals surface area contributed by atoms with E-state index in [4.69, 9.17) is 0 Å². The van der Waals surface area contributed by atoms with E-state index in [-0.39, 0.29) is 5.60 Å². The van der Waals surface area contributed by atoms with Gasteiger partial charge in [-0.25, -0.2) is 0 Å². The molecule has 2 aliphatic rings. The summed E-state index contributed by atoms with van der Waals surface area (Å²) in [7, 11) is 0. The maximum absolute atomic E-state index is 10.8. The maximum Gasteiger partial charge on any atom is 0.0700 e. The molecule has 1 aliphatic carbocycles. The Morgan fingerprint density at radius 2 is 2.29 bits per heavy atom. The Hall–Kier alpha value is -1.39. The molecule has 2 aromatic rings. The lowest BCUT2D eigenvalue weighted by atomic mass is 9.71. The molecule has 21 heavy (non-hydrogen) atoms. The van der Waals surface area contributed by atoms with E-state index < -0.39 is 0 Å². The summed E-state index contributed by atoms with van der Waals surface area (Å²) < 4.78 is 0. The van der Waals surface area contributed by atoms with Gasteiger partial charge in [0.15, 0.2) is 0 Å². The van der Waals surface area contributed by atoms with Crippen molar-refractivity contribution >= 4 is 10.9 Å².